The molecule has 0 aromatic carbocycles. The number of anilines is 1. The molecular weight excluding hydrogens is 560 g/mol. The van der Waals surface area contributed by atoms with Gasteiger partial charge in [-0.3, -0.25) is 14.5 Å². The molecule has 18 heteroatoms. The predicted molar refractivity (Wildman–Crippen MR) is 138 cm³/mol. The van der Waals surface area contributed by atoms with Crippen molar-refractivity contribution in [1.29, 1.82) is 0 Å². The van der Waals surface area contributed by atoms with Gasteiger partial charge in [-0.05, 0) is 12.5 Å². The number of hydrogen-bond donors (Lipinski definition) is 3. The number of carbonyl (C=O) groups is 4. The number of ether oxygens (including phenoxy) is 1. The molecule has 0 spiro atoms. The van der Waals surface area contributed by atoms with Gasteiger partial charge in [0.25, 0.3) is 11.8 Å². The van der Waals surface area contributed by atoms with Crippen molar-refractivity contribution < 1.29 is 33.9 Å². The number of methoxy groups -OCH3 is 1. The lowest BCUT2D eigenvalue weighted by Crippen LogP contribution is -2.71. The Hall–Kier alpha value is -3.64. The summed E-state index contributed by atoms with van der Waals surface area (Å²) >= 11 is 3.56. The highest BCUT2D eigenvalue weighted by Crippen LogP contribution is 2.41. The van der Waals surface area contributed by atoms with Crippen LogP contribution >= 0.6 is 34.9 Å². The van der Waals surface area contributed by atoms with E-state index in [2.05, 4.69) is 25.5 Å². The number of nitrogens with zero attached hydrogens (tertiary/aromatic N) is 6. The highest BCUT2D eigenvalue weighted by atomic mass is 32.2. The first-order valence-corrected chi connectivity index (χ1v) is 13.8. The molecule has 4 rings (SSSR count). The fraction of sp³-hybridized carbons (Fsp3) is 0.400. The fourth-order valence-electron chi connectivity index (χ4n) is 3.69. The Bertz CT molecular complexity index is 1350. The molecule has 2 aromatic heterocycles. The zero-order valence-electron chi connectivity index (χ0n) is 20.2. The zero-order valence-corrected chi connectivity index (χ0v) is 22.7. The summed E-state index contributed by atoms with van der Waals surface area (Å²) in [5.41, 5.74) is 5.99. The highest BCUT2D eigenvalue weighted by molar-refractivity contribution is 8.01. The third-order valence-corrected chi connectivity index (χ3v) is 8.33. The smallest absolute Gasteiger partial charge is 0.375 e. The number of aryl methyl sites for hydroxylation is 1. The van der Waals surface area contributed by atoms with Crippen LogP contribution in [0.25, 0.3) is 0 Å². The van der Waals surface area contributed by atoms with Crippen molar-refractivity contribution in [3.63, 3.8) is 0 Å². The molecule has 202 valence electrons. The molecule has 0 bridgehead atoms. The van der Waals surface area contributed by atoms with Gasteiger partial charge in [-0.1, -0.05) is 16.9 Å². The zero-order chi connectivity index (χ0) is 27.6. The topological polar surface area (TPSA) is 204 Å². The van der Waals surface area contributed by atoms with Gasteiger partial charge in [0.15, 0.2) is 10.8 Å². The Kier molecular flexibility index (Phi) is 8.22. The molecule has 38 heavy (non-hydrogen) atoms. The number of amides is 2. The molecule has 4 heterocycles. The molecule has 1 saturated heterocycles. The van der Waals surface area contributed by atoms with Gasteiger partial charge in [0.2, 0.25) is 11.0 Å². The van der Waals surface area contributed by atoms with Gasteiger partial charge in [-0.15, -0.1) is 28.2 Å². The minimum absolute atomic E-state index is 0.0382. The summed E-state index contributed by atoms with van der Waals surface area (Å²) in [7, 11) is 2.50. The molecule has 1 fully saturated rings. The maximum Gasteiger partial charge on any atom is 0.375 e. The van der Waals surface area contributed by atoms with E-state index < -0.39 is 35.2 Å². The van der Waals surface area contributed by atoms with Gasteiger partial charge < -0.3 is 25.7 Å². The van der Waals surface area contributed by atoms with E-state index in [1.165, 1.54) is 36.0 Å². The number of oxime groups is 1. The number of fused-ring (bicyclic) bond motifs is 1. The minimum Gasteiger partial charge on any atom is -0.477 e. The Morgan fingerprint density at radius 3 is 2.71 bits per heavy atom. The number of hydrogen-bond acceptors (Lipinski definition) is 14. The Morgan fingerprint density at radius 1 is 1.34 bits per heavy atom. The van der Waals surface area contributed by atoms with E-state index in [0.717, 1.165) is 28.0 Å². The van der Waals surface area contributed by atoms with E-state index in [9.17, 15) is 24.3 Å². The molecule has 15 nitrogen and oxygen atoms in total. The average Bonchev–Trinajstić information content (AvgIpc) is 3.53. The molecule has 0 saturated carbocycles. The molecule has 2 atom stereocenters. The van der Waals surface area contributed by atoms with Crippen molar-refractivity contribution in [3.8, 4) is 0 Å². The number of nitrogens with one attached hydrogen (secondary N) is 1. The first kappa shape index (κ1) is 27.4. The monoisotopic (exact) mass is 582 g/mol. The van der Waals surface area contributed by atoms with Crippen LogP contribution in [-0.4, -0.2) is 96.4 Å². The molecule has 2 aromatic rings. The van der Waals surface area contributed by atoms with Crippen molar-refractivity contribution in [3.05, 3.63) is 28.2 Å². The maximum atomic E-state index is 13.0. The van der Waals surface area contributed by atoms with Crippen molar-refractivity contribution in [1.82, 2.24) is 30.0 Å². The van der Waals surface area contributed by atoms with Crippen molar-refractivity contribution >= 4 is 69.5 Å². The van der Waals surface area contributed by atoms with Gasteiger partial charge in [-0.25, -0.2) is 19.3 Å². The van der Waals surface area contributed by atoms with Crippen molar-refractivity contribution in [2.75, 3.05) is 31.5 Å². The summed E-state index contributed by atoms with van der Waals surface area (Å²) < 4.78 is 6.10. The molecule has 0 aliphatic carbocycles. The second-order valence-electron chi connectivity index (χ2n) is 7.63. The third-order valence-electron chi connectivity index (χ3n) is 5.39. The molecule has 2 aliphatic heterocycles. The van der Waals surface area contributed by atoms with Crippen LogP contribution in [0.2, 0.25) is 0 Å². The lowest BCUT2D eigenvalue weighted by molar-refractivity contribution is -0.150. The molecule has 0 radical (unpaired) electrons. The van der Waals surface area contributed by atoms with E-state index >= 15 is 0 Å². The second-order valence-corrected chi connectivity index (χ2v) is 10.6. The average molecular weight is 583 g/mol. The summed E-state index contributed by atoms with van der Waals surface area (Å²) in [6.07, 6.45) is 0. The number of thioether (sulfide) groups is 2. The SMILES string of the molecule is CCn1nc(SCC2=C(C(=O)O)N3C(=O)[C@@H](NC(=O)/C(=N\OC)c4csc(N)n4)[C@H]3SC2)nc1C(=O)OC. The molecule has 0 unspecified atom stereocenters. The number of thiazole rings is 1. The van der Waals surface area contributed by atoms with Crippen molar-refractivity contribution in [2.24, 2.45) is 5.16 Å². The summed E-state index contributed by atoms with van der Waals surface area (Å²) in [6, 6.07) is -0.973. The van der Waals surface area contributed by atoms with Crippen LogP contribution in [0.5, 0.6) is 0 Å². The Morgan fingerprint density at radius 2 is 2.11 bits per heavy atom. The van der Waals surface area contributed by atoms with E-state index in [1.807, 2.05) is 0 Å². The van der Waals surface area contributed by atoms with Gasteiger partial charge in [-0.2, -0.15) is 4.98 Å². The first-order chi connectivity index (χ1) is 18.2. The number of carbonyl (C=O) groups excluding carboxylic acids is 3. The van der Waals surface area contributed by atoms with E-state index in [0.29, 0.717) is 12.1 Å². The summed E-state index contributed by atoms with van der Waals surface area (Å²) in [5.74, 6) is -2.70. The lowest BCUT2D eigenvalue weighted by atomic mass is 10.0. The summed E-state index contributed by atoms with van der Waals surface area (Å²) in [5, 5.41) is 21.8. The van der Waals surface area contributed by atoms with E-state index in [-0.39, 0.29) is 44.7 Å². The van der Waals surface area contributed by atoms with Crippen LogP contribution in [0.3, 0.4) is 0 Å². The molecule has 4 N–H and O–H groups in total. The van der Waals surface area contributed by atoms with Crippen LogP contribution in [0.1, 0.15) is 23.2 Å². The largest absolute Gasteiger partial charge is 0.477 e. The van der Waals surface area contributed by atoms with Gasteiger partial charge in [0, 0.05) is 23.4 Å². The van der Waals surface area contributed by atoms with E-state index in [4.69, 9.17) is 15.3 Å². The number of carboxylic acids is 1. The van der Waals surface area contributed by atoms with Crippen LogP contribution in [0, 0.1) is 0 Å². The number of nitrogens with two attached hydrogens (primary N) is 1. The minimum atomic E-state index is -1.27. The number of aliphatic carboxylic acids is 1. The number of nitrogen functional groups attached to an aromatic ring is 1. The Labute approximate surface area is 227 Å². The molecule has 2 amide bonds. The van der Waals surface area contributed by atoms with Crippen molar-refractivity contribution in [2.45, 2.75) is 30.0 Å². The van der Waals surface area contributed by atoms with E-state index in [1.54, 1.807) is 6.92 Å². The van der Waals surface area contributed by atoms with Gasteiger partial charge in [0.05, 0.1) is 7.11 Å². The third kappa shape index (κ3) is 5.18. The molecular formula is C20H22N8O7S3. The normalized spacial score (nSPS) is 19.1. The van der Waals surface area contributed by atoms with Crippen LogP contribution in [0.4, 0.5) is 5.13 Å². The van der Waals surface area contributed by atoms with Crippen LogP contribution < -0.4 is 11.1 Å². The standard InChI is InChI=1S/C20H22N8O7S3/c1-4-27-13(18(33)34-2)24-20(25-27)38-6-8-5-36-16-11(15(30)28(16)12(8)17(31)32)23-14(29)10(26-35-3)9-7-37-19(21)22-9/h7,11,16H,4-6H2,1-3H3,(H2,21,22)(H,23,29)(H,31,32)/b26-10-/t11-,16-/m1/s1. The lowest BCUT2D eigenvalue weighted by Gasteiger charge is -2.49. The number of carboxylic acid groups (broad SMARTS) is 1. The number of rotatable bonds is 10. The number of esters is 1. The second kappa shape index (κ2) is 11.4. The summed E-state index contributed by atoms with van der Waals surface area (Å²) in [4.78, 5) is 64.0. The van der Waals surface area contributed by atoms with Crippen LogP contribution in [0.15, 0.2) is 27.0 Å². The summed E-state index contributed by atoms with van der Waals surface area (Å²) in [6.45, 7) is 2.18. The maximum absolute atomic E-state index is 13.0. The van der Waals surface area contributed by atoms with Gasteiger partial charge in [0.1, 0.15) is 29.9 Å². The quantitative estimate of drug-likeness (QED) is 0.111. The number of β-lactam (4-membered cyclic amide) rings is 1. The molecule has 2 aliphatic rings. The Balaban J connectivity index is 1.49. The fourth-order valence-corrected chi connectivity index (χ4v) is 6.57. The predicted octanol–water partition coefficient (Wildman–Crippen LogP) is 0.00470. The highest BCUT2D eigenvalue weighted by Gasteiger charge is 2.54. The van der Waals surface area contributed by atoms with Gasteiger partial charge >= 0.3 is 11.9 Å². The van der Waals surface area contributed by atoms with Crippen LogP contribution in [-0.2, 0) is 30.5 Å². The number of aromatic nitrogens is 4. The first-order valence-electron chi connectivity index (χ1n) is 10.9.